The molecule has 2 nitrogen and oxygen atoms in total. The maximum absolute atomic E-state index is 5.70. The third-order valence-corrected chi connectivity index (χ3v) is 2.28. The summed E-state index contributed by atoms with van der Waals surface area (Å²) in [6, 6.07) is 0. The molecule has 0 radical (unpaired) electrons. The standard InChI is InChI=1S/C10H15B2NO/c1-3-5-6-9-8(4-2)7-13(12)10(11)14-9/h3-6,10H,1-2,7,11-12H2/b6-5-. The van der Waals surface area contributed by atoms with E-state index in [1.165, 1.54) is 0 Å². The van der Waals surface area contributed by atoms with Crippen molar-refractivity contribution in [3.05, 3.63) is 48.8 Å². The Morgan fingerprint density at radius 3 is 2.79 bits per heavy atom. The van der Waals surface area contributed by atoms with Gasteiger partial charge in [0.15, 0.2) is 15.8 Å². The van der Waals surface area contributed by atoms with E-state index in [2.05, 4.69) is 18.0 Å². The van der Waals surface area contributed by atoms with Crippen LogP contribution in [0.3, 0.4) is 0 Å². The topological polar surface area (TPSA) is 12.5 Å². The van der Waals surface area contributed by atoms with Crippen molar-refractivity contribution < 1.29 is 4.74 Å². The van der Waals surface area contributed by atoms with Crippen LogP contribution >= 0.6 is 0 Å². The Bertz CT molecular complexity index is 296. The molecule has 1 atom stereocenters. The molecule has 0 saturated heterocycles. The molecule has 72 valence electrons. The van der Waals surface area contributed by atoms with E-state index < -0.39 is 0 Å². The van der Waals surface area contributed by atoms with E-state index in [-0.39, 0.29) is 6.13 Å². The summed E-state index contributed by atoms with van der Waals surface area (Å²) in [5.41, 5.74) is 1.11. The Morgan fingerprint density at radius 1 is 1.50 bits per heavy atom. The van der Waals surface area contributed by atoms with Gasteiger partial charge in [-0.05, 0) is 6.08 Å². The largest absolute Gasteiger partial charge is 0.486 e. The van der Waals surface area contributed by atoms with Gasteiger partial charge >= 0.3 is 0 Å². The zero-order valence-electron chi connectivity index (χ0n) is 8.86. The first-order chi connectivity index (χ1) is 6.69. The van der Waals surface area contributed by atoms with Crippen LogP contribution in [0, 0.1) is 0 Å². The van der Waals surface area contributed by atoms with E-state index >= 15 is 0 Å². The van der Waals surface area contributed by atoms with Gasteiger partial charge in [0.2, 0.25) is 0 Å². The molecule has 1 rings (SSSR count). The Labute approximate surface area is 87.5 Å². The molecule has 0 aromatic carbocycles. The van der Waals surface area contributed by atoms with Gasteiger partial charge in [0.05, 0.1) is 0 Å². The second-order valence-corrected chi connectivity index (χ2v) is 3.32. The minimum absolute atomic E-state index is 0.114. The zero-order chi connectivity index (χ0) is 10.6. The lowest BCUT2D eigenvalue weighted by Gasteiger charge is -2.33. The van der Waals surface area contributed by atoms with Gasteiger partial charge in [0.25, 0.3) is 0 Å². The maximum atomic E-state index is 5.70. The van der Waals surface area contributed by atoms with E-state index in [0.29, 0.717) is 0 Å². The lowest BCUT2D eigenvalue weighted by Crippen LogP contribution is -2.40. The average Bonchev–Trinajstić information content (AvgIpc) is 2.19. The number of rotatable bonds is 3. The van der Waals surface area contributed by atoms with Crippen molar-refractivity contribution in [2.24, 2.45) is 0 Å². The monoisotopic (exact) mass is 187 g/mol. The van der Waals surface area contributed by atoms with Gasteiger partial charge in [-0.15, -0.1) is 0 Å². The molecule has 14 heavy (non-hydrogen) atoms. The zero-order valence-corrected chi connectivity index (χ0v) is 8.86. The minimum Gasteiger partial charge on any atom is -0.486 e. The number of allylic oxidation sites excluding steroid dienone is 3. The molecule has 1 aliphatic heterocycles. The van der Waals surface area contributed by atoms with E-state index in [0.717, 1.165) is 17.9 Å². The molecule has 0 aromatic rings. The molecule has 0 spiro atoms. The fraction of sp³-hybridized carbons (Fsp3) is 0.200. The van der Waals surface area contributed by atoms with Crippen LogP contribution in [0.2, 0.25) is 0 Å². The van der Waals surface area contributed by atoms with Crippen molar-refractivity contribution in [1.82, 2.24) is 4.81 Å². The van der Waals surface area contributed by atoms with Crippen molar-refractivity contribution in [3.8, 4) is 0 Å². The third kappa shape index (κ3) is 2.42. The first-order valence-electron chi connectivity index (χ1n) is 4.70. The smallest absolute Gasteiger partial charge is 0.189 e. The summed E-state index contributed by atoms with van der Waals surface area (Å²) in [6.45, 7) is 8.28. The van der Waals surface area contributed by atoms with Gasteiger partial charge in [-0.1, -0.05) is 31.4 Å². The Hall–Kier alpha value is -1.15. The third-order valence-electron chi connectivity index (χ3n) is 2.28. The van der Waals surface area contributed by atoms with Gasteiger partial charge in [-0.3, -0.25) is 0 Å². The second-order valence-electron chi connectivity index (χ2n) is 3.32. The van der Waals surface area contributed by atoms with Gasteiger partial charge in [-0.25, -0.2) is 0 Å². The fourth-order valence-corrected chi connectivity index (χ4v) is 1.29. The molecule has 1 aliphatic rings. The molecule has 4 heteroatoms. The predicted octanol–water partition coefficient (Wildman–Crippen LogP) is -0.0343. The summed E-state index contributed by atoms with van der Waals surface area (Å²) in [5.74, 6) is 0.894. The highest BCUT2D eigenvalue weighted by molar-refractivity contribution is 6.16. The summed E-state index contributed by atoms with van der Waals surface area (Å²) in [7, 11) is 4.06. The summed E-state index contributed by atoms with van der Waals surface area (Å²) in [5, 5.41) is 0. The highest BCUT2D eigenvalue weighted by Crippen LogP contribution is 2.19. The SMILES string of the molecule is BC1OC(/C=C\C=C)=C(C=C)CN1B. The Balaban J connectivity index is 2.90. The number of ether oxygens (including phenoxy) is 1. The molecule has 1 heterocycles. The summed E-state index contributed by atoms with van der Waals surface area (Å²) in [6.07, 6.45) is 7.48. The van der Waals surface area contributed by atoms with Crippen molar-refractivity contribution >= 4 is 15.8 Å². The van der Waals surface area contributed by atoms with Gasteiger partial charge < -0.3 is 9.55 Å². The minimum atomic E-state index is 0.114. The second kappa shape index (κ2) is 4.91. The highest BCUT2D eigenvalue weighted by Gasteiger charge is 2.19. The molecule has 0 bridgehead atoms. The van der Waals surface area contributed by atoms with Crippen LogP contribution in [0.15, 0.2) is 48.8 Å². The van der Waals surface area contributed by atoms with E-state index in [4.69, 9.17) is 4.74 Å². The molecule has 0 saturated carbocycles. The van der Waals surface area contributed by atoms with Gasteiger partial charge in [0.1, 0.15) is 11.9 Å². The predicted molar refractivity (Wildman–Crippen MR) is 65.2 cm³/mol. The Kier molecular flexibility index (Phi) is 3.84. The van der Waals surface area contributed by atoms with E-state index in [1.807, 2.05) is 34.1 Å². The lowest BCUT2D eigenvalue weighted by molar-refractivity contribution is 0.0846. The Morgan fingerprint density at radius 2 is 2.21 bits per heavy atom. The number of hydrogen-bond acceptors (Lipinski definition) is 2. The van der Waals surface area contributed by atoms with E-state index in [9.17, 15) is 0 Å². The van der Waals surface area contributed by atoms with Crippen LogP contribution in [-0.4, -0.2) is 33.3 Å². The van der Waals surface area contributed by atoms with Crippen LogP contribution in [0.4, 0.5) is 0 Å². The van der Waals surface area contributed by atoms with Crippen LogP contribution in [0.25, 0.3) is 0 Å². The molecule has 0 aliphatic carbocycles. The molecule has 0 amide bonds. The van der Waals surface area contributed by atoms with Crippen LogP contribution in [0.1, 0.15) is 0 Å². The van der Waals surface area contributed by atoms with Crippen molar-refractivity contribution in [2.45, 2.75) is 6.13 Å². The normalized spacial score (nSPS) is 23.6. The molecular formula is C10H15B2NO. The van der Waals surface area contributed by atoms with Crippen molar-refractivity contribution in [1.29, 1.82) is 0 Å². The first kappa shape index (κ1) is 10.9. The quantitative estimate of drug-likeness (QED) is 0.454. The first-order valence-corrected chi connectivity index (χ1v) is 4.70. The van der Waals surface area contributed by atoms with Crippen LogP contribution in [0.5, 0.6) is 0 Å². The number of nitrogens with zero attached hydrogens (tertiary/aromatic N) is 1. The summed E-state index contributed by atoms with van der Waals surface area (Å²) < 4.78 is 5.70. The highest BCUT2D eigenvalue weighted by atomic mass is 16.5. The summed E-state index contributed by atoms with van der Waals surface area (Å²) in [4.78, 5) is 2.13. The van der Waals surface area contributed by atoms with Crippen LogP contribution < -0.4 is 0 Å². The average molecular weight is 187 g/mol. The molecular weight excluding hydrogens is 172 g/mol. The molecule has 0 aromatic heterocycles. The molecule has 0 N–H and O–H groups in total. The van der Waals surface area contributed by atoms with E-state index in [1.54, 1.807) is 6.08 Å². The van der Waals surface area contributed by atoms with Crippen molar-refractivity contribution in [2.75, 3.05) is 6.54 Å². The maximum Gasteiger partial charge on any atom is 0.189 e. The van der Waals surface area contributed by atoms with Gasteiger partial charge in [0, 0.05) is 12.1 Å². The van der Waals surface area contributed by atoms with Gasteiger partial charge in [-0.2, -0.15) is 0 Å². The molecule has 1 unspecified atom stereocenters. The fourth-order valence-electron chi connectivity index (χ4n) is 1.29. The molecule has 0 fully saturated rings. The van der Waals surface area contributed by atoms with Crippen molar-refractivity contribution in [3.63, 3.8) is 0 Å². The summed E-state index contributed by atoms with van der Waals surface area (Å²) >= 11 is 0. The number of hydrogen-bond donors (Lipinski definition) is 0. The lowest BCUT2D eigenvalue weighted by atomic mass is 9.99. The van der Waals surface area contributed by atoms with Crippen LogP contribution in [-0.2, 0) is 4.74 Å².